The topological polar surface area (TPSA) is 49.6 Å². The van der Waals surface area contributed by atoms with Gasteiger partial charge in [-0.15, -0.1) is 0 Å². The molecule has 2 atom stereocenters. The molecule has 1 aliphatic heterocycles. The molecular formula is C16H33N3O. The lowest BCUT2D eigenvalue weighted by Crippen LogP contribution is -2.54. The average molecular weight is 283 g/mol. The number of amides is 1. The fraction of sp³-hybridized carbons (Fsp3) is 0.938. The van der Waals surface area contributed by atoms with Gasteiger partial charge >= 0.3 is 0 Å². The van der Waals surface area contributed by atoms with Crippen molar-refractivity contribution in [1.29, 1.82) is 0 Å². The summed E-state index contributed by atoms with van der Waals surface area (Å²) >= 11 is 0. The van der Waals surface area contributed by atoms with E-state index in [0.717, 1.165) is 58.4 Å². The molecule has 4 nitrogen and oxygen atoms in total. The SMILES string of the molecule is CCCCC(CC)C(=O)N1CCN(C(CC)CN)CC1. The first-order valence-corrected chi connectivity index (χ1v) is 8.40. The summed E-state index contributed by atoms with van der Waals surface area (Å²) < 4.78 is 0. The van der Waals surface area contributed by atoms with E-state index in [0.29, 0.717) is 11.9 Å². The molecule has 0 aromatic carbocycles. The number of carbonyl (C=O) groups excluding carboxylic acids is 1. The highest BCUT2D eigenvalue weighted by Gasteiger charge is 2.27. The molecule has 1 rings (SSSR count). The van der Waals surface area contributed by atoms with Crippen molar-refractivity contribution in [3.63, 3.8) is 0 Å². The van der Waals surface area contributed by atoms with Crippen LogP contribution < -0.4 is 5.73 Å². The van der Waals surface area contributed by atoms with Crippen molar-refractivity contribution in [2.45, 2.75) is 58.9 Å². The lowest BCUT2D eigenvalue weighted by Gasteiger charge is -2.39. The Balaban J connectivity index is 2.45. The number of hydrogen-bond acceptors (Lipinski definition) is 3. The highest BCUT2D eigenvalue weighted by molar-refractivity contribution is 5.78. The first-order chi connectivity index (χ1) is 9.67. The number of nitrogens with two attached hydrogens (primary N) is 1. The van der Waals surface area contributed by atoms with Gasteiger partial charge in [-0.25, -0.2) is 0 Å². The van der Waals surface area contributed by atoms with E-state index in [-0.39, 0.29) is 5.92 Å². The summed E-state index contributed by atoms with van der Waals surface area (Å²) in [4.78, 5) is 17.0. The van der Waals surface area contributed by atoms with E-state index in [2.05, 4.69) is 30.6 Å². The zero-order chi connectivity index (χ0) is 15.0. The zero-order valence-electron chi connectivity index (χ0n) is 13.6. The summed E-state index contributed by atoms with van der Waals surface area (Å²) in [5.41, 5.74) is 5.81. The number of carbonyl (C=O) groups is 1. The Hall–Kier alpha value is -0.610. The van der Waals surface area contributed by atoms with Crippen LogP contribution in [0, 0.1) is 5.92 Å². The minimum Gasteiger partial charge on any atom is -0.340 e. The van der Waals surface area contributed by atoms with Gasteiger partial charge in [-0.1, -0.05) is 33.6 Å². The highest BCUT2D eigenvalue weighted by Crippen LogP contribution is 2.18. The van der Waals surface area contributed by atoms with E-state index < -0.39 is 0 Å². The maximum Gasteiger partial charge on any atom is 0.225 e. The molecule has 0 aliphatic carbocycles. The third-order valence-electron chi connectivity index (χ3n) is 4.63. The van der Waals surface area contributed by atoms with Gasteiger partial charge in [0, 0.05) is 44.7 Å². The quantitative estimate of drug-likeness (QED) is 0.742. The van der Waals surface area contributed by atoms with Gasteiger partial charge in [0.1, 0.15) is 0 Å². The number of rotatable bonds is 8. The zero-order valence-corrected chi connectivity index (χ0v) is 13.6. The summed E-state index contributed by atoms with van der Waals surface area (Å²) in [6, 6.07) is 0.481. The van der Waals surface area contributed by atoms with Crippen LogP contribution in [0.15, 0.2) is 0 Å². The fourth-order valence-corrected chi connectivity index (χ4v) is 3.09. The predicted octanol–water partition coefficient (Wildman–Crippen LogP) is 2.08. The monoisotopic (exact) mass is 283 g/mol. The van der Waals surface area contributed by atoms with Gasteiger partial charge in [0.15, 0.2) is 0 Å². The van der Waals surface area contributed by atoms with Gasteiger partial charge in [0.2, 0.25) is 5.91 Å². The molecule has 0 radical (unpaired) electrons. The summed E-state index contributed by atoms with van der Waals surface area (Å²) in [7, 11) is 0. The van der Waals surface area contributed by atoms with Gasteiger partial charge in [0.05, 0.1) is 0 Å². The van der Waals surface area contributed by atoms with E-state index in [9.17, 15) is 4.79 Å². The number of unbranched alkanes of at least 4 members (excludes halogenated alkanes) is 1. The van der Waals surface area contributed by atoms with Crippen LogP contribution in [0.3, 0.4) is 0 Å². The normalized spacial score (nSPS) is 19.9. The number of nitrogens with zero attached hydrogens (tertiary/aromatic N) is 2. The third kappa shape index (κ3) is 4.74. The molecule has 1 aliphatic rings. The van der Waals surface area contributed by atoms with E-state index in [1.807, 2.05) is 0 Å². The van der Waals surface area contributed by atoms with Crippen molar-refractivity contribution in [3.8, 4) is 0 Å². The minimum absolute atomic E-state index is 0.234. The molecule has 0 saturated carbocycles. The molecule has 4 heteroatoms. The maximum atomic E-state index is 12.5. The molecule has 1 amide bonds. The minimum atomic E-state index is 0.234. The molecule has 2 unspecified atom stereocenters. The molecule has 2 N–H and O–H groups in total. The van der Waals surface area contributed by atoms with Gasteiger partial charge in [-0.05, 0) is 19.3 Å². The Morgan fingerprint density at radius 3 is 2.20 bits per heavy atom. The second kappa shape index (κ2) is 9.35. The van der Waals surface area contributed by atoms with Gasteiger partial charge in [-0.2, -0.15) is 0 Å². The van der Waals surface area contributed by atoms with E-state index in [4.69, 9.17) is 5.73 Å². The lowest BCUT2D eigenvalue weighted by atomic mass is 9.97. The van der Waals surface area contributed by atoms with Gasteiger partial charge < -0.3 is 10.6 Å². The summed E-state index contributed by atoms with van der Waals surface area (Å²) in [6.45, 7) is 10.9. The van der Waals surface area contributed by atoms with Crippen molar-refractivity contribution in [2.24, 2.45) is 11.7 Å². The molecule has 0 aromatic rings. The van der Waals surface area contributed by atoms with E-state index >= 15 is 0 Å². The molecule has 0 spiro atoms. The van der Waals surface area contributed by atoms with E-state index in [1.54, 1.807) is 0 Å². The molecule has 1 fully saturated rings. The van der Waals surface area contributed by atoms with Crippen molar-refractivity contribution < 1.29 is 4.79 Å². The van der Waals surface area contributed by atoms with Crippen molar-refractivity contribution in [3.05, 3.63) is 0 Å². The summed E-state index contributed by atoms with van der Waals surface area (Å²) in [6.07, 6.45) is 5.45. The van der Waals surface area contributed by atoms with Crippen LogP contribution in [-0.4, -0.2) is 54.5 Å². The first-order valence-electron chi connectivity index (χ1n) is 8.40. The van der Waals surface area contributed by atoms with Gasteiger partial charge in [-0.3, -0.25) is 9.69 Å². The molecule has 0 aromatic heterocycles. The van der Waals surface area contributed by atoms with Crippen LogP contribution >= 0.6 is 0 Å². The first kappa shape index (κ1) is 17.4. The second-order valence-electron chi connectivity index (χ2n) is 5.91. The Labute approximate surface area is 124 Å². The Morgan fingerprint density at radius 1 is 1.10 bits per heavy atom. The summed E-state index contributed by atoms with van der Waals surface area (Å²) in [5.74, 6) is 0.611. The molecule has 1 heterocycles. The van der Waals surface area contributed by atoms with Crippen LogP contribution in [0.25, 0.3) is 0 Å². The van der Waals surface area contributed by atoms with Crippen molar-refractivity contribution in [1.82, 2.24) is 9.80 Å². The Kier molecular flexibility index (Phi) is 8.15. The molecule has 0 bridgehead atoms. The summed E-state index contributed by atoms with van der Waals surface area (Å²) in [5, 5.41) is 0. The van der Waals surface area contributed by atoms with Gasteiger partial charge in [0.25, 0.3) is 0 Å². The van der Waals surface area contributed by atoms with Crippen LogP contribution in [0.4, 0.5) is 0 Å². The molecule has 118 valence electrons. The standard InChI is InChI=1S/C16H33N3O/c1-4-7-8-14(5-2)16(20)19-11-9-18(10-12-19)15(6-3)13-17/h14-15H,4-13,17H2,1-3H3. The fourth-order valence-electron chi connectivity index (χ4n) is 3.09. The molecule has 20 heavy (non-hydrogen) atoms. The van der Waals surface area contributed by atoms with Crippen LogP contribution in [0.2, 0.25) is 0 Å². The average Bonchev–Trinajstić information content (AvgIpc) is 2.49. The van der Waals surface area contributed by atoms with E-state index in [1.165, 1.54) is 6.42 Å². The lowest BCUT2D eigenvalue weighted by molar-refractivity contribution is -0.138. The highest BCUT2D eigenvalue weighted by atomic mass is 16.2. The van der Waals surface area contributed by atoms with Crippen LogP contribution in [0.1, 0.15) is 52.9 Å². The predicted molar refractivity (Wildman–Crippen MR) is 84.6 cm³/mol. The second-order valence-corrected chi connectivity index (χ2v) is 5.91. The Morgan fingerprint density at radius 2 is 1.75 bits per heavy atom. The Bertz CT molecular complexity index is 271. The van der Waals surface area contributed by atoms with Crippen LogP contribution in [0.5, 0.6) is 0 Å². The number of piperazine rings is 1. The smallest absolute Gasteiger partial charge is 0.225 e. The van der Waals surface area contributed by atoms with Crippen LogP contribution in [-0.2, 0) is 4.79 Å². The third-order valence-corrected chi connectivity index (χ3v) is 4.63. The molecular weight excluding hydrogens is 250 g/mol. The molecule has 1 saturated heterocycles. The largest absolute Gasteiger partial charge is 0.340 e. The van der Waals surface area contributed by atoms with Crippen molar-refractivity contribution >= 4 is 5.91 Å². The number of hydrogen-bond donors (Lipinski definition) is 1. The van der Waals surface area contributed by atoms with Crippen molar-refractivity contribution in [2.75, 3.05) is 32.7 Å². The maximum absolute atomic E-state index is 12.5.